The van der Waals surface area contributed by atoms with E-state index in [4.69, 9.17) is 23.2 Å². The maximum atomic E-state index is 13.5. The zero-order valence-corrected chi connectivity index (χ0v) is 15.4. The molecule has 0 saturated carbocycles. The Hall–Kier alpha value is -1.90. The van der Waals surface area contributed by atoms with Crippen LogP contribution in [0.15, 0.2) is 60.8 Å². The van der Waals surface area contributed by atoms with Crippen molar-refractivity contribution in [3.8, 4) is 11.1 Å². The van der Waals surface area contributed by atoms with Gasteiger partial charge in [-0.05, 0) is 60.2 Å². The highest BCUT2D eigenvalue weighted by molar-refractivity contribution is 6.33. The van der Waals surface area contributed by atoms with Gasteiger partial charge in [0.2, 0.25) is 0 Å². The van der Waals surface area contributed by atoms with Crippen LogP contribution in [-0.4, -0.2) is 4.98 Å². The second kappa shape index (κ2) is 7.99. The lowest BCUT2D eigenvalue weighted by Crippen LogP contribution is -1.99. The van der Waals surface area contributed by atoms with E-state index in [1.54, 1.807) is 12.3 Å². The van der Waals surface area contributed by atoms with E-state index >= 15 is 0 Å². The molecular weight excluding hydrogens is 356 g/mol. The Morgan fingerprint density at radius 3 is 2.60 bits per heavy atom. The topological polar surface area (TPSA) is 12.9 Å². The van der Waals surface area contributed by atoms with Gasteiger partial charge in [-0.2, -0.15) is 0 Å². The molecule has 4 heteroatoms. The van der Waals surface area contributed by atoms with Crippen LogP contribution in [0.5, 0.6) is 0 Å². The predicted molar refractivity (Wildman–Crippen MR) is 103 cm³/mol. The van der Waals surface area contributed by atoms with Crippen molar-refractivity contribution in [2.24, 2.45) is 0 Å². The van der Waals surface area contributed by atoms with Crippen LogP contribution < -0.4 is 0 Å². The van der Waals surface area contributed by atoms with Gasteiger partial charge in [-0.25, -0.2) is 4.39 Å². The molecule has 0 radical (unpaired) electrons. The molecule has 1 aromatic heterocycles. The first-order valence-corrected chi connectivity index (χ1v) is 8.94. The Morgan fingerprint density at radius 1 is 1.04 bits per heavy atom. The zero-order chi connectivity index (χ0) is 17.8. The fourth-order valence-electron chi connectivity index (χ4n) is 2.84. The lowest BCUT2D eigenvalue weighted by molar-refractivity contribution is 0.628. The zero-order valence-electron chi connectivity index (χ0n) is 13.8. The van der Waals surface area contributed by atoms with Crippen LogP contribution in [0, 0.1) is 5.82 Å². The van der Waals surface area contributed by atoms with Gasteiger partial charge in [0.1, 0.15) is 5.82 Å². The SMILES string of the molecule is C[C@@H](CCc1cc(-c2cccc(F)c2)c(Cl)cn1)c1cccc(Cl)c1. The van der Waals surface area contributed by atoms with Crippen LogP contribution in [0.1, 0.15) is 30.5 Å². The van der Waals surface area contributed by atoms with Crippen molar-refractivity contribution in [1.82, 2.24) is 4.98 Å². The number of halogens is 3. The van der Waals surface area contributed by atoms with Gasteiger partial charge in [0.15, 0.2) is 0 Å². The summed E-state index contributed by atoms with van der Waals surface area (Å²) in [5, 5.41) is 1.28. The van der Waals surface area contributed by atoms with Gasteiger partial charge >= 0.3 is 0 Å². The van der Waals surface area contributed by atoms with E-state index in [1.807, 2.05) is 30.3 Å². The summed E-state index contributed by atoms with van der Waals surface area (Å²) in [6.45, 7) is 2.18. The molecule has 2 aromatic carbocycles. The van der Waals surface area contributed by atoms with Crippen molar-refractivity contribution in [2.45, 2.75) is 25.7 Å². The minimum absolute atomic E-state index is 0.276. The summed E-state index contributed by atoms with van der Waals surface area (Å²) in [6.07, 6.45) is 3.39. The molecule has 0 aliphatic carbocycles. The average molecular weight is 374 g/mol. The molecule has 3 aromatic rings. The van der Waals surface area contributed by atoms with Gasteiger partial charge < -0.3 is 0 Å². The summed E-state index contributed by atoms with van der Waals surface area (Å²) in [6, 6.07) is 16.3. The van der Waals surface area contributed by atoms with Crippen LogP contribution in [0.25, 0.3) is 11.1 Å². The number of nitrogens with zero attached hydrogens (tertiary/aromatic N) is 1. The summed E-state index contributed by atoms with van der Waals surface area (Å²) in [7, 11) is 0. The van der Waals surface area contributed by atoms with E-state index in [-0.39, 0.29) is 5.82 Å². The second-order valence-electron chi connectivity index (χ2n) is 6.16. The largest absolute Gasteiger partial charge is 0.260 e. The number of hydrogen-bond acceptors (Lipinski definition) is 1. The minimum atomic E-state index is -0.276. The molecule has 0 N–H and O–H groups in total. The molecule has 0 fully saturated rings. The number of pyridine rings is 1. The highest BCUT2D eigenvalue weighted by Crippen LogP contribution is 2.29. The Bertz CT molecular complexity index is 879. The summed E-state index contributed by atoms with van der Waals surface area (Å²) >= 11 is 12.3. The van der Waals surface area contributed by atoms with E-state index in [2.05, 4.69) is 18.0 Å². The molecule has 1 atom stereocenters. The standard InChI is InChI=1S/C21H18Cl2FN/c1-14(15-4-2-6-17(22)10-15)8-9-19-12-20(21(23)13-25-19)16-5-3-7-18(24)11-16/h2-7,10-14H,8-9H2,1H3/t14-/m0/s1. The molecule has 0 unspecified atom stereocenters. The highest BCUT2D eigenvalue weighted by atomic mass is 35.5. The molecule has 0 saturated heterocycles. The minimum Gasteiger partial charge on any atom is -0.260 e. The van der Waals surface area contributed by atoms with Crippen LogP contribution in [0.4, 0.5) is 4.39 Å². The summed E-state index contributed by atoms with van der Waals surface area (Å²) < 4.78 is 13.5. The van der Waals surface area contributed by atoms with Crippen molar-refractivity contribution >= 4 is 23.2 Å². The molecule has 3 rings (SSSR count). The Balaban J connectivity index is 1.76. The summed E-state index contributed by atoms with van der Waals surface area (Å²) in [4.78, 5) is 4.42. The van der Waals surface area contributed by atoms with Crippen LogP contribution >= 0.6 is 23.2 Å². The van der Waals surface area contributed by atoms with Crippen molar-refractivity contribution < 1.29 is 4.39 Å². The average Bonchev–Trinajstić information content (AvgIpc) is 2.60. The highest BCUT2D eigenvalue weighted by Gasteiger charge is 2.10. The van der Waals surface area contributed by atoms with Crippen molar-refractivity contribution in [2.75, 3.05) is 0 Å². The number of rotatable bonds is 5. The van der Waals surface area contributed by atoms with E-state index in [1.165, 1.54) is 17.7 Å². The molecule has 0 aliphatic rings. The third kappa shape index (κ3) is 4.59. The Morgan fingerprint density at radius 2 is 1.84 bits per heavy atom. The molecule has 25 heavy (non-hydrogen) atoms. The lowest BCUT2D eigenvalue weighted by Gasteiger charge is -2.13. The molecular formula is C21H18Cl2FN. The van der Waals surface area contributed by atoms with E-state index in [0.717, 1.165) is 34.7 Å². The molecule has 0 bridgehead atoms. The van der Waals surface area contributed by atoms with Crippen LogP contribution in [0.3, 0.4) is 0 Å². The van der Waals surface area contributed by atoms with Crippen LogP contribution in [0.2, 0.25) is 10.0 Å². The van der Waals surface area contributed by atoms with Crippen molar-refractivity contribution in [1.29, 1.82) is 0 Å². The normalized spacial score (nSPS) is 12.2. The molecule has 1 heterocycles. The van der Waals surface area contributed by atoms with Crippen molar-refractivity contribution in [3.05, 3.63) is 87.9 Å². The van der Waals surface area contributed by atoms with Gasteiger partial charge in [0, 0.05) is 22.5 Å². The molecule has 0 aliphatic heterocycles. The van der Waals surface area contributed by atoms with Gasteiger partial charge in [-0.15, -0.1) is 0 Å². The predicted octanol–water partition coefficient (Wildman–Crippen LogP) is 6.93. The first kappa shape index (κ1) is 17.9. The third-order valence-corrected chi connectivity index (χ3v) is 4.84. The van der Waals surface area contributed by atoms with Crippen LogP contribution in [-0.2, 0) is 6.42 Å². The summed E-state index contributed by atoms with van der Waals surface area (Å²) in [5.41, 5.74) is 3.72. The molecule has 0 spiro atoms. The van der Waals surface area contributed by atoms with Crippen molar-refractivity contribution in [3.63, 3.8) is 0 Å². The van der Waals surface area contributed by atoms with Gasteiger partial charge in [0.25, 0.3) is 0 Å². The smallest absolute Gasteiger partial charge is 0.123 e. The monoisotopic (exact) mass is 373 g/mol. The maximum Gasteiger partial charge on any atom is 0.123 e. The quantitative estimate of drug-likeness (QED) is 0.472. The number of aryl methyl sites for hydroxylation is 1. The van der Waals surface area contributed by atoms with Gasteiger partial charge in [-0.1, -0.05) is 54.4 Å². The van der Waals surface area contributed by atoms with E-state index in [0.29, 0.717) is 10.9 Å². The van der Waals surface area contributed by atoms with Gasteiger partial charge in [-0.3, -0.25) is 4.98 Å². The first-order valence-electron chi connectivity index (χ1n) is 8.19. The second-order valence-corrected chi connectivity index (χ2v) is 7.00. The summed E-state index contributed by atoms with van der Waals surface area (Å²) in [5.74, 6) is 0.0929. The molecule has 128 valence electrons. The fourth-order valence-corrected chi connectivity index (χ4v) is 3.25. The Kier molecular flexibility index (Phi) is 5.72. The first-order chi connectivity index (χ1) is 12.0. The lowest BCUT2D eigenvalue weighted by atomic mass is 9.95. The number of aromatic nitrogens is 1. The number of hydrogen-bond donors (Lipinski definition) is 0. The molecule has 1 nitrogen and oxygen atoms in total. The fraction of sp³-hybridized carbons (Fsp3) is 0.190. The maximum absolute atomic E-state index is 13.5. The Labute approximate surface area is 157 Å². The third-order valence-electron chi connectivity index (χ3n) is 4.30. The number of benzene rings is 2. The van der Waals surface area contributed by atoms with E-state index < -0.39 is 0 Å². The molecule has 0 amide bonds. The van der Waals surface area contributed by atoms with E-state index in [9.17, 15) is 4.39 Å². The van der Waals surface area contributed by atoms with Gasteiger partial charge in [0.05, 0.1) is 5.02 Å².